The third-order valence-electron chi connectivity index (χ3n) is 2.09. The van der Waals surface area contributed by atoms with Gasteiger partial charge in [0.15, 0.2) is 0 Å². The Morgan fingerprint density at radius 1 is 1.43 bits per heavy atom. The van der Waals surface area contributed by atoms with Crippen LogP contribution in [0.5, 0.6) is 0 Å². The normalized spacial score (nSPS) is 20.2. The summed E-state index contributed by atoms with van der Waals surface area (Å²) >= 11 is 3.22. The maximum atomic E-state index is 11.9. The summed E-state index contributed by atoms with van der Waals surface area (Å²) < 4.78 is 31.6. The third kappa shape index (κ3) is 2.90. The first-order valence-corrected chi connectivity index (χ1v) is 6.96. The van der Waals surface area contributed by atoms with Gasteiger partial charge in [-0.2, -0.15) is 17.0 Å². The molecular formula is C7H15BrN2O3S. The largest absolute Gasteiger partial charge is 0.379 e. The molecule has 84 valence electrons. The number of nitrogens with zero attached hydrogens (tertiary/aromatic N) is 2. The van der Waals surface area contributed by atoms with Crippen LogP contribution in [0.2, 0.25) is 0 Å². The van der Waals surface area contributed by atoms with Crippen LogP contribution in [0.25, 0.3) is 0 Å². The number of ether oxygens (including phenoxy) is 1. The summed E-state index contributed by atoms with van der Waals surface area (Å²) in [6.07, 6.45) is 0. The molecule has 0 aromatic rings. The molecule has 1 rings (SSSR count). The average Bonchev–Trinajstić information content (AvgIpc) is 2.19. The van der Waals surface area contributed by atoms with Crippen LogP contribution < -0.4 is 0 Å². The average molecular weight is 287 g/mol. The van der Waals surface area contributed by atoms with E-state index in [1.807, 2.05) is 0 Å². The van der Waals surface area contributed by atoms with Crippen molar-refractivity contribution in [1.82, 2.24) is 8.61 Å². The number of hydrogen-bond donors (Lipinski definition) is 0. The van der Waals surface area contributed by atoms with E-state index in [2.05, 4.69) is 15.9 Å². The van der Waals surface area contributed by atoms with E-state index in [0.717, 1.165) is 0 Å². The highest BCUT2D eigenvalue weighted by atomic mass is 79.9. The number of rotatable bonds is 4. The predicted octanol–water partition coefficient (Wildman–Crippen LogP) is -0.110. The van der Waals surface area contributed by atoms with E-state index in [9.17, 15) is 8.42 Å². The molecule has 0 bridgehead atoms. The van der Waals surface area contributed by atoms with Crippen LogP contribution in [0.1, 0.15) is 0 Å². The van der Waals surface area contributed by atoms with E-state index in [0.29, 0.717) is 38.2 Å². The number of alkyl halides is 1. The van der Waals surface area contributed by atoms with Gasteiger partial charge in [-0.05, 0) is 0 Å². The monoisotopic (exact) mass is 286 g/mol. The van der Waals surface area contributed by atoms with Crippen molar-refractivity contribution in [3.8, 4) is 0 Å². The molecule has 0 atom stereocenters. The summed E-state index contributed by atoms with van der Waals surface area (Å²) in [5.74, 6) is 0. The Labute approximate surface area is 93.3 Å². The minimum atomic E-state index is -3.27. The van der Waals surface area contributed by atoms with Crippen molar-refractivity contribution >= 4 is 26.1 Å². The molecule has 0 aromatic heterocycles. The number of morpholine rings is 1. The highest BCUT2D eigenvalue weighted by molar-refractivity contribution is 9.09. The molecular weight excluding hydrogens is 272 g/mol. The Kier molecular flexibility index (Phi) is 4.78. The van der Waals surface area contributed by atoms with Crippen molar-refractivity contribution in [3.05, 3.63) is 0 Å². The van der Waals surface area contributed by atoms with Gasteiger partial charge < -0.3 is 4.74 Å². The summed E-state index contributed by atoms with van der Waals surface area (Å²) in [6, 6.07) is 0. The highest BCUT2D eigenvalue weighted by Gasteiger charge is 2.27. The zero-order chi connectivity index (χ0) is 10.6. The quantitative estimate of drug-likeness (QED) is 0.678. The van der Waals surface area contributed by atoms with E-state index in [1.165, 1.54) is 8.61 Å². The van der Waals surface area contributed by atoms with E-state index in [1.54, 1.807) is 7.05 Å². The van der Waals surface area contributed by atoms with E-state index < -0.39 is 10.2 Å². The van der Waals surface area contributed by atoms with Crippen molar-refractivity contribution < 1.29 is 13.2 Å². The molecule has 0 aromatic carbocycles. The molecule has 7 heteroatoms. The summed E-state index contributed by atoms with van der Waals surface area (Å²) in [4.78, 5) is 0. The standard InChI is InChI=1S/C7H15BrN2O3S/c1-9(3-2-8)14(11,12)10-4-6-13-7-5-10/h2-7H2,1H3. The Morgan fingerprint density at radius 3 is 2.50 bits per heavy atom. The zero-order valence-electron chi connectivity index (χ0n) is 8.15. The van der Waals surface area contributed by atoms with Crippen LogP contribution in [0.15, 0.2) is 0 Å². The van der Waals surface area contributed by atoms with Gasteiger partial charge in [0.1, 0.15) is 0 Å². The van der Waals surface area contributed by atoms with Gasteiger partial charge >= 0.3 is 0 Å². The lowest BCUT2D eigenvalue weighted by molar-refractivity contribution is 0.0707. The zero-order valence-corrected chi connectivity index (χ0v) is 10.6. The molecule has 0 aliphatic carbocycles. The number of hydrogen-bond acceptors (Lipinski definition) is 3. The van der Waals surface area contributed by atoms with E-state index in [4.69, 9.17) is 4.74 Å². The molecule has 1 aliphatic rings. The Bertz CT molecular complexity index is 264. The Hall–Kier alpha value is 0.310. The van der Waals surface area contributed by atoms with Crippen molar-refractivity contribution in [2.24, 2.45) is 0 Å². The molecule has 5 nitrogen and oxygen atoms in total. The van der Waals surface area contributed by atoms with Crippen LogP contribution in [0.4, 0.5) is 0 Å². The molecule has 0 radical (unpaired) electrons. The van der Waals surface area contributed by atoms with Gasteiger partial charge in [0.05, 0.1) is 13.2 Å². The van der Waals surface area contributed by atoms with Gasteiger partial charge in [0.25, 0.3) is 10.2 Å². The summed E-state index contributed by atoms with van der Waals surface area (Å²) in [5.41, 5.74) is 0. The van der Waals surface area contributed by atoms with Gasteiger partial charge in [-0.25, -0.2) is 0 Å². The fourth-order valence-electron chi connectivity index (χ4n) is 1.21. The van der Waals surface area contributed by atoms with E-state index in [-0.39, 0.29) is 0 Å². The van der Waals surface area contributed by atoms with Crippen LogP contribution >= 0.6 is 15.9 Å². The first-order valence-electron chi connectivity index (χ1n) is 4.44. The van der Waals surface area contributed by atoms with Crippen molar-refractivity contribution in [1.29, 1.82) is 0 Å². The minimum absolute atomic E-state index is 0.453. The second-order valence-corrected chi connectivity index (χ2v) is 5.86. The molecule has 1 aliphatic heterocycles. The highest BCUT2D eigenvalue weighted by Crippen LogP contribution is 2.09. The fourth-order valence-corrected chi connectivity index (χ4v) is 3.30. The lowest BCUT2D eigenvalue weighted by atomic mass is 10.5. The van der Waals surface area contributed by atoms with Crippen LogP contribution in [-0.2, 0) is 14.9 Å². The SMILES string of the molecule is CN(CCBr)S(=O)(=O)N1CCOCC1. The van der Waals surface area contributed by atoms with Gasteiger partial charge in [-0.15, -0.1) is 0 Å². The maximum absolute atomic E-state index is 11.9. The maximum Gasteiger partial charge on any atom is 0.281 e. The van der Waals surface area contributed by atoms with Gasteiger partial charge in [0.2, 0.25) is 0 Å². The fraction of sp³-hybridized carbons (Fsp3) is 1.00. The summed E-state index contributed by atoms with van der Waals surface area (Å²) in [6.45, 7) is 2.37. The lowest BCUT2D eigenvalue weighted by Crippen LogP contribution is -2.47. The molecule has 0 saturated carbocycles. The Morgan fingerprint density at radius 2 is 2.00 bits per heavy atom. The lowest BCUT2D eigenvalue weighted by Gasteiger charge is -2.29. The second-order valence-electron chi connectivity index (χ2n) is 3.03. The van der Waals surface area contributed by atoms with Crippen LogP contribution in [-0.4, -0.2) is 62.3 Å². The van der Waals surface area contributed by atoms with Crippen molar-refractivity contribution in [2.75, 3.05) is 45.2 Å². The summed E-state index contributed by atoms with van der Waals surface area (Å²) in [7, 11) is -1.68. The first-order chi connectivity index (χ1) is 6.59. The molecule has 14 heavy (non-hydrogen) atoms. The molecule has 0 amide bonds. The first kappa shape index (κ1) is 12.4. The Balaban J connectivity index is 2.62. The smallest absolute Gasteiger partial charge is 0.281 e. The topological polar surface area (TPSA) is 49.9 Å². The van der Waals surface area contributed by atoms with Crippen molar-refractivity contribution in [2.45, 2.75) is 0 Å². The molecule has 0 unspecified atom stereocenters. The summed E-state index contributed by atoms with van der Waals surface area (Å²) in [5, 5.41) is 0.646. The van der Waals surface area contributed by atoms with Gasteiger partial charge in [0, 0.05) is 32.0 Å². The third-order valence-corrected chi connectivity index (χ3v) is 4.43. The van der Waals surface area contributed by atoms with Crippen LogP contribution in [0, 0.1) is 0 Å². The minimum Gasteiger partial charge on any atom is -0.379 e. The van der Waals surface area contributed by atoms with Crippen LogP contribution in [0.3, 0.4) is 0 Å². The molecule has 1 saturated heterocycles. The second kappa shape index (κ2) is 5.41. The van der Waals surface area contributed by atoms with Gasteiger partial charge in [-0.1, -0.05) is 15.9 Å². The van der Waals surface area contributed by atoms with Gasteiger partial charge in [-0.3, -0.25) is 0 Å². The molecule has 0 spiro atoms. The molecule has 0 N–H and O–H groups in total. The van der Waals surface area contributed by atoms with Crippen molar-refractivity contribution in [3.63, 3.8) is 0 Å². The number of halogens is 1. The predicted molar refractivity (Wildman–Crippen MR) is 57.7 cm³/mol. The molecule has 1 fully saturated rings. The molecule has 1 heterocycles. The van der Waals surface area contributed by atoms with E-state index >= 15 is 0 Å².